The second kappa shape index (κ2) is 6.18. The molecule has 0 bridgehead atoms. The number of halogens is 2. The van der Waals surface area contributed by atoms with Gasteiger partial charge in [0.05, 0.1) is 0 Å². The third-order valence-electron chi connectivity index (χ3n) is 3.05. The van der Waals surface area contributed by atoms with Crippen molar-refractivity contribution in [3.8, 4) is 5.75 Å². The van der Waals surface area contributed by atoms with Crippen LogP contribution in [0, 0.1) is 25.5 Å². The van der Waals surface area contributed by atoms with Crippen molar-refractivity contribution in [1.82, 2.24) is 0 Å². The van der Waals surface area contributed by atoms with E-state index in [1.807, 2.05) is 26.0 Å². The first-order chi connectivity index (χ1) is 9.86. The Bertz CT molecular complexity index is 657. The summed E-state index contributed by atoms with van der Waals surface area (Å²) in [7, 11) is 0. The van der Waals surface area contributed by atoms with Crippen LogP contribution in [0.1, 0.15) is 22.3 Å². The van der Waals surface area contributed by atoms with Gasteiger partial charge in [-0.25, -0.2) is 8.78 Å². The number of hydrogen-bond donors (Lipinski definition) is 1. The van der Waals surface area contributed by atoms with Gasteiger partial charge >= 0.3 is 0 Å². The summed E-state index contributed by atoms with van der Waals surface area (Å²) < 4.78 is 31.9. The van der Waals surface area contributed by atoms with Crippen LogP contribution in [0.15, 0.2) is 30.3 Å². The van der Waals surface area contributed by atoms with Crippen molar-refractivity contribution in [3.63, 3.8) is 0 Å². The van der Waals surface area contributed by atoms with E-state index < -0.39 is 11.6 Å². The number of thiocarbonyl (C=S) groups is 1. The summed E-state index contributed by atoms with van der Waals surface area (Å²) in [5.74, 6) is -0.573. The largest absolute Gasteiger partial charge is 0.488 e. The van der Waals surface area contributed by atoms with Crippen LogP contribution in [-0.2, 0) is 6.61 Å². The van der Waals surface area contributed by atoms with Gasteiger partial charge in [-0.3, -0.25) is 0 Å². The Balaban J connectivity index is 2.22. The lowest BCUT2D eigenvalue weighted by atomic mass is 10.1. The zero-order valence-electron chi connectivity index (χ0n) is 11.7. The highest BCUT2D eigenvalue weighted by molar-refractivity contribution is 7.80. The van der Waals surface area contributed by atoms with E-state index in [1.54, 1.807) is 0 Å². The molecular weight excluding hydrogens is 292 g/mol. The van der Waals surface area contributed by atoms with Crippen molar-refractivity contribution in [3.05, 3.63) is 64.2 Å². The molecule has 0 radical (unpaired) electrons. The summed E-state index contributed by atoms with van der Waals surface area (Å²) in [6.07, 6.45) is 0. The van der Waals surface area contributed by atoms with E-state index in [0.717, 1.165) is 22.8 Å². The van der Waals surface area contributed by atoms with Crippen LogP contribution < -0.4 is 10.5 Å². The molecule has 21 heavy (non-hydrogen) atoms. The van der Waals surface area contributed by atoms with Gasteiger partial charge in [0.15, 0.2) is 0 Å². The SMILES string of the molecule is Cc1cc(C(N)=S)cc(C)c1OCc1cc(F)cc(F)c1. The molecule has 0 aromatic heterocycles. The lowest BCUT2D eigenvalue weighted by molar-refractivity contribution is 0.300. The summed E-state index contributed by atoms with van der Waals surface area (Å²) >= 11 is 4.95. The molecule has 0 atom stereocenters. The summed E-state index contributed by atoms with van der Waals surface area (Å²) in [6, 6.07) is 6.99. The number of benzene rings is 2. The highest BCUT2D eigenvalue weighted by Crippen LogP contribution is 2.26. The molecule has 0 amide bonds. The maximum absolute atomic E-state index is 13.1. The minimum Gasteiger partial charge on any atom is -0.488 e. The zero-order valence-corrected chi connectivity index (χ0v) is 12.6. The second-order valence-corrected chi connectivity index (χ2v) is 5.31. The first-order valence-electron chi connectivity index (χ1n) is 6.35. The van der Waals surface area contributed by atoms with E-state index >= 15 is 0 Å². The van der Waals surface area contributed by atoms with E-state index in [1.165, 1.54) is 12.1 Å². The van der Waals surface area contributed by atoms with E-state index in [4.69, 9.17) is 22.7 Å². The van der Waals surface area contributed by atoms with E-state index in [2.05, 4.69) is 0 Å². The molecule has 2 nitrogen and oxygen atoms in total. The Morgan fingerprint density at radius 2 is 1.57 bits per heavy atom. The van der Waals surface area contributed by atoms with E-state index in [9.17, 15) is 8.78 Å². The van der Waals surface area contributed by atoms with Gasteiger partial charge in [0.1, 0.15) is 29.0 Å². The molecule has 2 N–H and O–H groups in total. The Labute approximate surface area is 127 Å². The van der Waals surface area contributed by atoms with Crippen molar-refractivity contribution in [2.24, 2.45) is 5.73 Å². The minimum absolute atomic E-state index is 0.0861. The molecule has 0 spiro atoms. The standard InChI is InChI=1S/C16H15F2NOS/c1-9-3-12(16(19)21)4-10(2)15(9)20-8-11-5-13(17)7-14(18)6-11/h3-7H,8H2,1-2H3,(H2,19,21). The molecule has 2 aromatic rings. The van der Waals surface area contributed by atoms with Gasteiger partial charge < -0.3 is 10.5 Å². The summed E-state index contributed by atoms with van der Waals surface area (Å²) in [6.45, 7) is 3.83. The zero-order chi connectivity index (χ0) is 15.6. The average Bonchev–Trinajstić information content (AvgIpc) is 2.36. The fourth-order valence-electron chi connectivity index (χ4n) is 2.17. The predicted octanol–water partition coefficient (Wildman–Crippen LogP) is 3.79. The second-order valence-electron chi connectivity index (χ2n) is 4.87. The molecule has 0 saturated carbocycles. The van der Waals surface area contributed by atoms with Gasteiger partial charge in [-0.2, -0.15) is 0 Å². The van der Waals surface area contributed by atoms with E-state index in [-0.39, 0.29) is 6.61 Å². The van der Waals surface area contributed by atoms with Gasteiger partial charge in [0, 0.05) is 11.6 Å². The molecular formula is C16H15F2NOS. The quantitative estimate of drug-likeness (QED) is 0.873. The van der Waals surface area contributed by atoms with Crippen molar-refractivity contribution >= 4 is 17.2 Å². The Morgan fingerprint density at radius 1 is 1.05 bits per heavy atom. The molecule has 2 aromatic carbocycles. The van der Waals surface area contributed by atoms with Crippen LogP contribution in [0.2, 0.25) is 0 Å². The lowest BCUT2D eigenvalue weighted by Gasteiger charge is -2.14. The monoisotopic (exact) mass is 307 g/mol. The molecule has 5 heteroatoms. The third-order valence-corrected chi connectivity index (χ3v) is 3.29. The molecule has 2 rings (SSSR count). The summed E-state index contributed by atoms with van der Waals surface area (Å²) in [5, 5.41) is 0. The van der Waals surface area contributed by atoms with Gasteiger partial charge in [-0.15, -0.1) is 0 Å². The van der Waals surface area contributed by atoms with Crippen LogP contribution in [-0.4, -0.2) is 4.99 Å². The molecule has 0 fully saturated rings. The average molecular weight is 307 g/mol. The molecule has 110 valence electrons. The van der Waals surface area contributed by atoms with Gasteiger partial charge in [-0.1, -0.05) is 12.2 Å². The van der Waals surface area contributed by atoms with Crippen LogP contribution in [0.25, 0.3) is 0 Å². The van der Waals surface area contributed by atoms with Gasteiger partial charge in [0.2, 0.25) is 0 Å². The Kier molecular flexibility index (Phi) is 4.53. The van der Waals surface area contributed by atoms with Crippen LogP contribution >= 0.6 is 12.2 Å². The van der Waals surface area contributed by atoms with Crippen molar-refractivity contribution in [2.75, 3.05) is 0 Å². The minimum atomic E-state index is -0.620. The maximum atomic E-state index is 13.1. The number of ether oxygens (including phenoxy) is 1. The highest BCUT2D eigenvalue weighted by atomic mass is 32.1. The topological polar surface area (TPSA) is 35.2 Å². The number of nitrogens with two attached hydrogens (primary N) is 1. The number of hydrogen-bond acceptors (Lipinski definition) is 2. The van der Waals surface area contributed by atoms with E-state index in [0.29, 0.717) is 16.3 Å². The van der Waals surface area contributed by atoms with Crippen molar-refractivity contribution < 1.29 is 13.5 Å². The fourth-order valence-corrected chi connectivity index (χ4v) is 2.29. The lowest BCUT2D eigenvalue weighted by Crippen LogP contribution is -2.10. The first kappa shape index (κ1) is 15.4. The maximum Gasteiger partial charge on any atom is 0.126 e. The molecule has 0 heterocycles. The van der Waals surface area contributed by atoms with Crippen molar-refractivity contribution in [2.45, 2.75) is 20.5 Å². The molecule has 0 aliphatic rings. The van der Waals surface area contributed by atoms with Gasteiger partial charge in [0.25, 0.3) is 0 Å². The fraction of sp³-hybridized carbons (Fsp3) is 0.188. The predicted molar refractivity (Wildman–Crippen MR) is 82.5 cm³/mol. The smallest absolute Gasteiger partial charge is 0.126 e. The third kappa shape index (κ3) is 3.76. The van der Waals surface area contributed by atoms with Gasteiger partial charge in [-0.05, 0) is 54.8 Å². The summed E-state index contributed by atoms with van der Waals surface area (Å²) in [4.78, 5) is 0.319. The Morgan fingerprint density at radius 3 is 2.05 bits per heavy atom. The molecule has 0 unspecified atom stereocenters. The molecule has 0 saturated heterocycles. The van der Waals surface area contributed by atoms with Crippen LogP contribution in [0.3, 0.4) is 0 Å². The Hall–Kier alpha value is -2.01. The number of rotatable bonds is 4. The number of aryl methyl sites for hydroxylation is 2. The normalized spacial score (nSPS) is 10.5. The van der Waals surface area contributed by atoms with Crippen molar-refractivity contribution in [1.29, 1.82) is 0 Å². The van der Waals surface area contributed by atoms with Crippen LogP contribution in [0.5, 0.6) is 5.75 Å². The van der Waals surface area contributed by atoms with Crippen LogP contribution in [0.4, 0.5) is 8.78 Å². The summed E-state index contributed by atoms with van der Waals surface area (Å²) in [5.41, 5.74) is 8.55. The molecule has 0 aliphatic heterocycles. The first-order valence-corrected chi connectivity index (χ1v) is 6.76. The highest BCUT2D eigenvalue weighted by Gasteiger charge is 2.09. The molecule has 0 aliphatic carbocycles.